The van der Waals surface area contributed by atoms with Crippen LogP contribution in [-0.4, -0.2) is 23.1 Å². The zero-order valence-corrected chi connectivity index (χ0v) is 15.9. The average molecular weight is 348 g/mol. The molecule has 2 aliphatic rings. The lowest BCUT2D eigenvalue weighted by Crippen LogP contribution is -2.46. The second kappa shape index (κ2) is 8.20. The first kappa shape index (κ1) is 19.7. The van der Waals surface area contributed by atoms with Crippen LogP contribution in [0.2, 0.25) is 0 Å². The molecule has 4 heteroatoms. The number of aliphatic carboxylic acids is 1. The number of ether oxygens (including phenoxy) is 1. The van der Waals surface area contributed by atoms with E-state index in [1.807, 2.05) is 12.2 Å². The molecule has 0 bridgehead atoms. The molecule has 0 radical (unpaired) electrons. The van der Waals surface area contributed by atoms with Crippen molar-refractivity contribution < 1.29 is 19.4 Å². The van der Waals surface area contributed by atoms with E-state index in [2.05, 4.69) is 27.4 Å². The number of allylic oxidation sites excluding steroid dienone is 1. The van der Waals surface area contributed by atoms with Crippen molar-refractivity contribution in [2.24, 2.45) is 35.5 Å². The van der Waals surface area contributed by atoms with E-state index in [-0.39, 0.29) is 29.8 Å². The minimum atomic E-state index is -0.739. The van der Waals surface area contributed by atoms with E-state index in [4.69, 9.17) is 4.74 Å². The van der Waals surface area contributed by atoms with Crippen molar-refractivity contribution in [2.45, 2.75) is 59.5 Å². The highest BCUT2D eigenvalue weighted by molar-refractivity contribution is 5.72. The predicted octanol–water partition coefficient (Wildman–Crippen LogP) is 4.46. The smallest absolute Gasteiger partial charge is 0.310 e. The Hall–Kier alpha value is -1.58. The lowest BCUT2D eigenvalue weighted by molar-refractivity contribution is -0.152. The Morgan fingerprint density at radius 2 is 2.12 bits per heavy atom. The van der Waals surface area contributed by atoms with Crippen LogP contribution in [0.15, 0.2) is 24.3 Å². The number of esters is 1. The van der Waals surface area contributed by atoms with Gasteiger partial charge in [-0.1, -0.05) is 51.3 Å². The molecule has 0 aromatic carbocycles. The number of hydrogen-bond acceptors (Lipinski definition) is 3. The van der Waals surface area contributed by atoms with Crippen LogP contribution in [0.1, 0.15) is 53.4 Å². The number of fused-ring (bicyclic) bond motifs is 1. The summed E-state index contributed by atoms with van der Waals surface area (Å²) in [6, 6.07) is 0. The van der Waals surface area contributed by atoms with Crippen LogP contribution in [0.5, 0.6) is 0 Å². The first-order chi connectivity index (χ1) is 11.8. The third-order valence-corrected chi connectivity index (χ3v) is 6.11. The van der Waals surface area contributed by atoms with Gasteiger partial charge in [-0.3, -0.25) is 9.59 Å². The van der Waals surface area contributed by atoms with Gasteiger partial charge in [0.1, 0.15) is 6.10 Å². The Kier molecular flexibility index (Phi) is 6.47. The van der Waals surface area contributed by atoms with Gasteiger partial charge in [0.2, 0.25) is 0 Å². The zero-order valence-electron chi connectivity index (χ0n) is 15.9. The second-order valence-electron chi connectivity index (χ2n) is 7.92. The van der Waals surface area contributed by atoms with E-state index in [0.717, 1.165) is 19.3 Å². The summed E-state index contributed by atoms with van der Waals surface area (Å²) in [6.45, 7) is 12.0. The molecular weight excluding hydrogens is 316 g/mol. The molecule has 25 heavy (non-hydrogen) atoms. The lowest BCUT2D eigenvalue weighted by atomic mass is 9.58. The minimum Gasteiger partial charge on any atom is -0.481 e. The summed E-state index contributed by atoms with van der Waals surface area (Å²) in [6.07, 6.45) is 7.33. The van der Waals surface area contributed by atoms with Gasteiger partial charge in [0.25, 0.3) is 0 Å². The summed E-state index contributed by atoms with van der Waals surface area (Å²) in [7, 11) is 0. The number of carbonyl (C=O) groups is 2. The normalized spacial score (nSPS) is 35.9. The SMILES string of the molecule is C=CC1C(OC(C)=O)CC2C(=CC(C(=O)O)CC2C)C1C(C)CCC. The molecule has 7 unspecified atom stereocenters. The van der Waals surface area contributed by atoms with Gasteiger partial charge in [-0.25, -0.2) is 0 Å². The van der Waals surface area contributed by atoms with Crippen LogP contribution >= 0.6 is 0 Å². The highest BCUT2D eigenvalue weighted by atomic mass is 16.5. The largest absolute Gasteiger partial charge is 0.481 e. The molecule has 0 amide bonds. The third-order valence-electron chi connectivity index (χ3n) is 6.11. The molecule has 4 nitrogen and oxygen atoms in total. The van der Waals surface area contributed by atoms with Crippen LogP contribution < -0.4 is 0 Å². The maximum Gasteiger partial charge on any atom is 0.310 e. The van der Waals surface area contributed by atoms with Crippen molar-refractivity contribution in [1.82, 2.24) is 0 Å². The van der Waals surface area contributed by atoms with Crippen molar-refractivity contribution >= 4 is 11.9 Å². The van der Waals surface area contributed by atoms with Crippen LogP contribution in [0.4, 0.5) is 0 Å². The number of hydrogen-bond donors (Lipinski definition) is 1. The summed E-state index contributed by atoms with van der Waals surface area (Å²) in [4.78, 5) is 23.2. The van der Waals surface area contributed by atoms with Gasteiger partial charge < -0.3 is 9.84 Å². The van der Waals surface area contributed by atoms with Gasteiger partial charge in [-0.05, 0) is 36.5 Å². The Balaban J connectivity index is 2.46. The Morgan fingerprint density at radius 3 is 2.64 bits per heavy atom. The standard InChI is InChI=1S/C21H32O4/c1-6-8-12(3)20-16(7-2)19(25-14(5)22)11-17-13(4)9-15(21(23)24)10-18(17)20/h7,10,12-13,15-17,19-20H,2,6,8-9,11H2,1,3-5H3,(H,23,24). The van der Waals surface area contributed by atoms with E-state index in [1.165, 1.54) is 12.5 Å². The minimum absolute atomic E-state index is 0.0488. The molecule has 0 aromatic heterocycles. The first-order valence-electron chi connectivity index (χ1n) is 9.54. The fourth-order valence-electron chi connectivity index (χ4n) is 5.06. The van der Waals surface area contributed by atoms with Crippen molar-refractivity contribution in [3.8, 4) is 0 Å². The van der Waals surface area contributed by atoms with Crippen LogP contribution in [0.25, 0.3) is 0 Å². The van der Waals surface area contributed by atoms with E-state index in [1.54, 1.807) is 0 Å². The number of carboxylic acids is 1. The summed E-state index contributed by atoms with van der Waals surface area (Å²) in [5.41, 5.74) is 1.26. The molecule has 0 aromatic rings. The van der Waals surface area contributed by atoms with E-state index in [0.29, 0.717) is 18.3 Å². The van der Waals surface area contributed by atoms with E-state index >= 15 is 0 Å². The van der Waals surface area contributed by atoms with Crippen molar-refractivity contribution in [3.63, 3.8) is 0 Å². The van der Waals surface area contributed by atoms with Crippen molar-refractivity contribution in [1.29, 1.82) is 0 Å². The molecule has 1 saturated carbocycles. The van der Waals surface area contributed by atoms with Crippen LogP contribution in [-0.2, 0) is 14.3 Å². The topological polar surface area (TPSA) is 63.6 Å². The summed E-state index contributed by atoms with van der Waals surface area (Å²) in [5.74, 6) is -0.178. The van der Waals surface area contributed by atoms with Gasteiger partial charge in [0.15, 0.2) is 0 Å². The van der Waals surface area contributed by atoms with Gasteiger partial charge >= 0.3 is 11.9 Å². The van der Waals surface area contributed by atoms with Gasteiger partial charge in [-0.15, -0.1) is 6.58 Å². The van der Waals surface area contributed by atoms with Crippen LogP contribution in [0.3, 0.4) is 0 Å². The first-order valence-corrected chi connectivity index (χ1v) is 9.54. The fourth-order valence-corrected chi connectivity index (χ4v) is 5.06. The van der Waals surface area contributed by atoms with E-state index < -0.39 is 11.9 Å². The van der Waals surface area contributed by atoms with E-state index in [9.17, 15) is 14.7 Å². The highest BCUT2D eigenvalue weighted by Gasteiger charge is 2.47. The predicted molar refractivity (Wildman–Crippen MR) is 97.9 cm³/mol. The Morgan fingerprint density at radius 1 is 1.44 bits per heavy atom. The number of carbonyl (C=O) groups excluding carboxylic acids is 1. The second-order valence-corrected chi connectivity index (χ2v) is 7.92. The monoisotopic (exact) mass is 348 g/mol. The van der Waals surface area contributed by atoms with Gasteiger partial charge in [0.05, 0.1) is 5.92 Å². The summed E-state index contributed by atoms with van der Waals surface area (Å²) in [5, 5.41) is 9.53. The Labute approximate surface area is 151 Å². The van der Waals surface area contributed by atoms with Gasteiger partial charge in [-0.2, -0.15) is 0 Å². The molecule has 0 spiro atoms. The molecule has 2 rings (SSSR count). The molecule has 140 valence electrons. The highest BCUT2D eigenvalue weighted by Crippen LogP contribution is 2.51. The number of rotatable bonds is 6. The number of carboxylic acid groups (broad SMARTS) is 1. The quantitative estimate of drug-likeness (QED) is 0.568. The average Bonchev–Trinajstić information content (AvgIpc) is 2.53. The Bertz CT molecular complexity index is 550. The molecular formula is C21H32O4. The zero-order chi connectivity index (χ0) is 18.7. The third kappa shape index (κ3) is 4.16. The molecule has 1 fully saturated rings. The van der Waals surface area contributed by atoms with Crippen molar-refractivity contribution in [2.75, 3.05) is 0 Å². The van der Waals surface area contributed by atoms with Crippen LogP contribution in [0, 0.1) is 35.5 Å². The van der Waals surface area contributed by atoms with Gasteiger partial charge in [0, 0.05) is 12.8 Å². The molecule has 2 aliphatic carbocycles. The lowest BCUT2D eigenvalue weighted by Gasteiger charge is -2.49. The molecule has 7 atom stereocenters. The maximum absolute atomic E-state index is 11.6. The van der Waals surface area contributed by atoms with Crippen molar-refractivity contribution in [3.05, 3.63) is 24.3 Å². The fraction of sp³-hybridized carbons (Fsp3) is 0.714. The molecule has 0 aliphatic heterocycles. The maximum atomic E-state index is 11.6. The molecule has 0 heterocycles. The summed E-state index contributed by atoms with van der Waals surface area (Å²) < 4.78 is 5.67. The molecule has 0 saturated heterocycles. The summed E-state index contributed by atoms with van der Waals surface area (Å²) >= 11 is 0. The molecule has 1 N–H and O–H groups in total.